The van der Waals surface area contributed by atoms with Crippen LogP contribution >= 0.6 is 0 Å². The van der Waals surface area contributed by atoms with E-state index in [4.69, 9.17) is 0 Å². The van der Waals surface area contributed by atoms with Gasteiger partial charge in [0.2, 0.25) is 0 Å². The van der Waals surface area contributed by atoms with E-state index in [1.165, 1.54) is 6.08 Å². The Hall–Kier alpha value is -1.19. The topological polar surface area (TPSA) is 57.5 Å². The van der Waals surface area contributed by atoms with Crippen molar-refractivity contribution >= 4 is 5.78 Å². The molecule has 1 aliphatic rings. The van der Waals surface area contributed by atoms with Crippen LogP contribution in [-0.4, -0.2) is 27.7 Å². The van der Waals surface area contributed by atoms with Gasteiger partial charge in [-0.25, -0.2) is 0 Å². The zero-order chi connectivity index (χ0) is 14.1. The van der Waals surface area contributed by atoms with Crippen LogP contribution in [-0.2, 0) is 4.79 Å². The normalized spacial score (nSPS) is 27.4. The number of aliphatic hydroxyl groups is 2. The average molecular weight is 250 g/mol. The Morgan fingerprint density at radius 2 is 2.06 bits per heavy atom. The van der Waals surface area contributed by atoms with Crippen LogP contribution < -0.4 is 0 Å². The first-order valence-corrected chi connectivity index (χ1v) is 6.09. The van der Waals surface area contributed by atoms with Crippen molar-refractivity contribution in [2.45, 2.75) is 45.8 Å². The third kappa shape index (κ3) is 2.98. The minimum Gasteiger partial charge on any atom is -0.385 e. The number of Topliss-reactive ketones (excluding diaryl/α,β-unsaturated/α-hetero) is 1. The van der Waals surface area contributed by atoms with Crippen LogP contribution in [0.4, 0.5) is 0 Å². The average Bonchev–Trinajstić information content (AvgIpc) is 2.25. The van der Waals surface area contributed by atoms with Gasteiger partial charge >= 0.3 is 0 Å². The highest BCUT2D eigenvalue weighted by Gasteiger charge is 2.36. The molecule has 2 N–H and O–H groups in total. The Bertz CT molecular complexity index is 425. The molecule has 18 heavy (non-hydrogen) atoms. The van der Waals surface area contributed by atoms with Crippen LogP contribution in [0, 0.1) is 5.41 Å². The predicted octanol–water partition coefficient (Wildman–Crippen LogP) is 2.16. The molecule has 0 aromatic heterocycles. The summed E-state index contributed by atoms with van der Waals surface area (Å²) >= 11 is 0. The zero-order valence-electron chi connectivity index (χ0n) is 11.5. The summed E-state index contributed by atoms with van der Waals surface area (Å²) in [6, 6.07) is 0. The van der Waals surface area contributed by atoms with Crippen molar-refractivity contribution in [3.8, 4) is 0 Å². The van der Waals surface area contributed by atoms with Gasteiger partial charge in [-0.3, -0.25) is 4.79 Å². The summed E-state index contributed by atoms with van der Waals surface area (Å²) in [5, 5.41) is 19.6. The molecule has 0 heterocycles. The van der Waals surface area contributed by atoms with Crippen molar-refractivity contribution < 1.29 is 15.0 Å². The predicted molar refractivity (Wildman–Crippen MR) is 72.1 cm³/mol. The summed E-state index contributed by atoms with van der Waals surface area (Å²) in [6.45, 7) is 10.9. The quantitative estimate of drug-likeness (QED) is 0.755. The van der Waals surface area contributed by atoms with Crippen LogP contribution in [0.15, 0.2) is 36.0 Å². The first-order valence-electron chi connectivity index (χ1n) is 6.09. The van der Waals surface area contributed by atoms with Gasteiger partial charge < -0.3 is 10.2 Å². The van der Waals surface area contributed by atoms with Crippen LogP contribution in [0.5, 0.6) is 0 Å². The summed E-state index contributed by atoms with van der Waals surface area (Å²) in [5.74, 6) is -0.229. The Morgan fingerprint density at radius 3 is 2.56 bits per heavy atom. The maximum atomic E-state index is 11.8. The number of allylic oxidation sites excluding steroid dienone is 2. The molecule has 0 spiro atoms. The van der Waals surface area contributed by atoms with Gasteiger partial charge in [0.1, 0.15) is 6.10 Å². The van der Waals surface area contributed by atoms with Crippen LogP contribution in [0.2, 0.25) is 0 Å². The molecule has 3 nitrogen and oxygen atoms in total. The van der Waals surface area contributed by atoms with Gasteiger partial charge in [0.25, 0.3) is 0 Å². The fourth-order valence-corrected chi connectivity index (χ4v) is 2.25. The van der Waals surface area contributed by atoms with E-state index in [0.29, 0.717) is 12.0 Å². The summed E-state index contributed by atoms with van der Waals surface area (Å²) < 4.78 is 0. The van der Waals surface area contributed by atoms with E-state index in [9.17, 15) is 15.0 Å². The molecule has 0 saturated carbocycles. The SMILES string of the molecule is C=CC(C)(O)/C=C\C1=C(C)C(=O)C(O)CC1(C)C. The van der Waals surface area contributed by atoms with Crippen molar-refractivity contribution in [1.29, 1.82) is 0 Å². The maximum absolute atomic E-state index is 11.8. The van der Waals surface area contributed by atoms with Crippen molar-refractivity contribution in [2.75, 3.05) is 0 Å². The minimum atomic E-state index is -1.09. The molecule has 0 aliphatic heterocycles. The number of hydrogen-bond donors (Lipinski definition) is 2. The van der Waals surface area contributed by atoms with Crippen molar-refractivity contribution in [2.24, 2.45) is 5.41 Å². The van der Waals surface area contributed by atoms with Crippen molar-refractivity contribution in [3.63, 3.8) is 0 Å². The van der Waals surface area contributed by atoms with Crippen LogP contribution in [0.1, 0.15) is 34.1 Å². The van der Waals surface area contributed by atoms with Gasteiger partial charge in [-0.1, -0.05) is 32.6 Å². The molecule has 0 saturated heterocycles. The summed E-state index contributed by atoms with van der Waals surface area (Å²) in [6.07, 6.45) is 4.30. The highest BCUT2D eigenvalue weighted by atomic mass is 16.3. The second-order valence-electron chi connectivity index (χ2n) is 5.77. The van der Waals surface area contributed by atoms with Crippen molar-refractivity contribution in [1.82, 2.24) is 0 Å². The van der Waals surface area contributed by atoms with E-state index in [0.717, 1.165) is 5.57 Å². The second-order valence-corrected chi connectivity index (χ2v) is 5.77. The maximum Gasteiger partial charge on any atom is 0.187 e. The van der Waals surface area contributed by atoms with E-state index in [2.05, 4.69) is 6.58 Å². The zero-order valence-corrected chi connectivity index (χ0v) is 11.5. The fourth-order valence-electron chi connectivity index (χ4n) is 2.25. The number of ketones is 1. The van der Waals surface area contributed by atoms with E-state index < -0.39 is 11.7 Å². The number of carbonyl (C=O) groups excluding carboxylic acids is 1. The Balaban J connectivity index is 3.19. The molecule has 3 heteroatoms. The smallest absolute Gasteiger partial charge is 0.187 e. The van der Waals surface area contributed by atoms with Gasteiger partial charge in [0.15, 0.2) is 5.78 Å². The molecule has 2 atom stereocenters. The molecular formula is C15H22O3. The third-order valence-corrected chi connectivity index (χ3v) is 3.51. The van der Waals surface area contributed by atoms with Gasteiger partial charge in [0.05, 0.1) is 5.60 Å². The molecule has 0 fully saturated rings. The Morgan fingerprint density at radius 1 is 1.50 bits per heavy atom. The van der Waals surface area contributed by atoms with Gasteiger partial charge in [-0.05, 0) is 42.9 Å². The minimum absolute atomic E-state index is 0.229. The lowest BCUT2D eigenvalue weighted by atomic mass is 9.71. The highest BCUT2D eigenvalue weighted by molar-refractivity contribution is 6.00. The van der Waals surface area contributed by atoms with Crippen LogP contribution in [0.25, 0.3) is 0 Å². The molecule has 0 bridgehead atoms. The Labute approximate surface area is 109 Å². The molecule has 2 unspecified atom stereocenters. The number of hydrogen-bond acceptors (Lipinski definition) is 3. The first kappa shape index (κ1) is 14.9. The third-order valence-electron chi connectivity index (χ3n) is 3.51. The van der Waals surface area contributed by atoms with Gasteiger partial charge in [-0.2, -0.15) is 0 Å². The van der Waals surface area contributed by atoms with Gasteiger partial charge in [-0.15, -0.1) is 0 Å². The molecule has 0 aromatic rings. The lowest BCUT2D eigenvalue weighted by molar-refractivity contribution is -0.125. The largest absolute Gasteiger partial charge is 0.385 e. The standard InChI is InChI=1S/C15H22O3/c1-6-15(5,18)8-7-11-10(2)13(17)12(16)9-14(11,3)4/h6-8,12,16,18H,1,9H2,2-5H3/b8-7-. The van der Waals surface area contributed by atoms with Crippen LogP contribution in [0.3, 0.4) is 0 Å². The number of aliphatic hydroxyl groups excluding tert-OH is 1. The number of carbonyl (C=O) groups is 1. The molecular weight excluding hydrogens is 228 g/mol. The highest BCUT2D eigenvalue weighted by Crippen LogP contribution is 2.39. The van der Waals surface area contributed by atoms with Crippen molar-refractivity contribution in [3.05, 3.63) is 36.0 Å². The lowest BCUT2D eigenvalue weighted by Crippen LogP contribution is -2.35. The second kappa shape index (κ2) is 4.82. The fraction of sp³-hybridized carbons (Fsp3) is 0.533. The molecule has 0 radical (unpaired) electrons. The molecule has 100 valence electrons. The molecule has 0 aromatic carbocycles. The van der Waals surface area contributed by atoms with E-state index >= 15 is 0 Å². The molecule has 0 amide bonds. The lowest BCUT2D eigenvalue weighted by Gasteiger charge is -2.35. The van der Waals surface area contributed by atoms with Gasteiger partial charge in [0, 0.05) is 0 Å². The summed E-state index contributed by atoms with van der Waals surface area (Å²) in [4.78, 5) is 11.8. The first-order chi connectivity index (χ1) is 8.10. The van der Waals surface area contributed by atoms with E-state index in [1.54, 1.807) is 26.0 Å². The monoisotopic (exact) mass is 250 g/mol. The Kier molecular flexibility index (Phi) is 3.99. The molecule has 1 aliphatic carbocycles. The van der Waals surface area contributed by atoms with E-state index in [1.807, 2.05) is 13.8 Å². The van der Waals surface area contributed by atoms with E-state index in [-0.39, 0.29) is 11.2 Å². The number of rotatable bonds is 3. The molecule has 1 rings (SSSR count). The summed E-state index contributed by atoms with van der Waals surface area (Å²) in [5.41, 5.74) is 0.0444. The summed E-state index contributed by atoms with van der Waals surface area (Å²) in [7, 11) is 0.